The molecular formula is AcN3O9-3. The van der Waals surface area contributed by atoms with Crippen molar-refractivity contribution in [2.75, 3.05) is 0 Å². The summed E-state index contributed by atoms with van der Waals surface area (Å²) in [7, 11) is 0. The van der Waals surface area contributed by atoms with Crippen molar-refractivity contribution in [1.82, 2.24) is 0 Å². The molecule has 1 radical (unpaired) electrons. The van der Waals surface area contributed by atoms with Crippen molar-refractivity contribution >= 4 is 0 Å². The summed E-state index contributed by atoms with van der Waals surface area (Å²) in [6.07, 6.45) is 0. The summed E-state index contributed by atoms with van der Waals surface area (Å²) in [5.41, 5.74) is 0. The molecule has 0 aliphatic rings. The second-order valence-corrected chi connectivity index (χ2v) is 0.671. The molecule has 0 saturated heterocycles. The zero-order chi connectivity index (χ0) is 10.7. The van der Waals surface area contributed by atoms with E-state index in [4.69, 9.17) is 46.0 Å². The van der Waals surface area contributed by atoms with Gasteiger partial charge < -0.3 is 46.0 Å². The Labute approximate surface area is 105 Å². The van der Waals surface area contributed by atoms with E-state index >= 15 is 0 Å². The van der Waals surface area contributed by atoms with E-state index in [2.05, 4.69) is 0 Å². The topological polar surface area (TPSA) is 199 Å². The Morgan fingerprint density at radius 3 is 0.538 bits per heavy atom. The summed E-state index contributed by atoms with van der Waals surface area (Å²) in [5.74, 6) is 0. The summed E-state index contributed by atoms with van der Waals surface area (Å²) >= 11 is 0. The average molecular weight is 413 g/mol. The Bertz CT molecular complexity index is 112. The van der Waals surface area contributed by atoms with E-state index in [1.807, 2.05) is 0 Å². The molecule has 0 bridgehead atoms. The minimum Gasteiger partial charge on any atom is -0.356 e. The van der Waals surface area contributed by atoms with E-state index in [1.165, 1.54) is 0 Å². The van der Waals surface area contributed by atoms with Gasteiger partial charge in [0.05, 0.1) is 15.3 Å². The molecule has 0 rings (SSSR count). The van der Waals surface area contributed by atoms with Crippen LogP contribution < -0.4 is 0 Å². The molecule has 13 heavy (non-hydrogen) atoms. The fourth-order valence-corrected chi connectivity index (χ4v) is 0. The molecule has 0 aromatic carbocycles. The molecule has 75 valence electrons. The third-order valence-corrected chi connectivity index (χ3v) is 0. The average Bonchev–Trinajstić information content (AvgIpc) is 1.54. The van der Waals surface area contributed by atoms with Gasteiger partial charge in [-0.2, -0.15) is 0 Å². The number of hydrogen-bond acceptors (Lipinski definition) is 9. The van der Waals surface area contributed by atoms with Crippen molar-refractivity contribution < 1.29 is 59.3 Å². The summed E-state index contributed by atoms with van der Waals surface area (Å²) in [6.45, 7) is 0. The first-order chi connectivity index (χ1) is 5.20. The molecule has 13 heteroatoms. The van der Waals surface area contributed by atoms with Crippen molar-refractivity contribution in [3.05, 3.63) is 46.0 Å². The standard InChI is InChI=1S/Ac.3NO3/c;3*2-1(3)4/q;3*-1. The van der Waals surface area contributed by atoms with Crippen LogP contribution in [0.2, 0.25) is 0 Å². The third-order valence-electron chi connectivity index (χ3n) is 0. The molecular weight excluding hydrogens is 413 g/mol. The molecule has 0 unspecified atom stereocenters. The van der Waals surface area contributed by atoms with Gasteiger partial charge in [0.2, 0.25) is 0 Å². The number of nitrogens with zero attached hydrogens (tertiary/aromatic N) is 3. The maximum absolute atomic E-state index is 8.25. The van der Waals surface area contributed by atoms with Gasteiger partial charge in [0.15, 0.2) is 0 Å². The molecule has 0 aliphatic carbocycles. The van der Waals surface area contributed by atoms with Crippen LogP contribution in [0.3, 0.4) is 0 Å². The minimum atomic E-state index is -1.75. The molecule has 0 saturated carbocycles. The van der Waals surface area contributed by atoms with Crippen LogP contribution in [0.25, 0.3) is 0 Å². The van der Waals surface area contributed by atoms with Crippen molar-refractivity contribution in [2.24, 2.45) is 0 Å². The van der Waals surface area contributed by atoms with Gasteiger partial charge in [-0.3, -0.25) is 0 Å². The fraction of sp³-hybridized carbons (Fsp3) is 0. The molecule has 0 atom stereocenters. The summed E-state index contributed by atoms with van der Waals surface area (Å²) in [5, 5.41) is 44.2. The predicted molar refractivity (Wildman–Crippen MR) is 31.1 cm³/mol. The van der Waals surface area contributed by atoms with E-state index in [9.17, 15) is 0 Å². The smallest absolute Gasteiger partial charge is 0.0689 e. The van der Waals surface area contributed by atoms with Gasteiger partial charge in [-0.1, -0.05) is 0 Å². The van der Waals surface area contributed by atoms with Crippen LogP contribution in [0, 0.1) is 90.0 Å². The van der Waals surface area contributed by atoms with Crippen LogP contribution in [0.1, 0.15) is 0 Å². The largest absolute Gasteiger partial charge is 0.356 e. The van der Waals surface area contributed by atoms with Gasteiger partial charge in [-0.25, -0.2) is 0 Å². The summed E-state index contributed by atoms with van der Waals surface area (Å²) < 4.78 is 0. The maximum atomic E-state index is 8.25. The first kappa shape index (κ1) is 22.7. The van der Waals surface area contributed by atoms with Crippen LogP contribution in [-0.2, 0) is 0 Å². The first-order valence-corrected chi connectivity index (χ1v) is 1.64. The van der Waals surface area contributed by atoms with Crippen molar-refractivity contribution in [2.45, 2.75) is 0 Å². The second-order valence-electron chi connectivity index (χ2n) is 0.671. The van der Waals surface area contributed by atoms with Gasteiger partial charge >= 0.3 is 0 Å². The zero-order valence-corrected chi connectivity index (χ0v) is 10.3. The zero-order valence-electron chi connectivity index (χ0n) is 5.59. The van der Waals surface area contributed by atoms with Crippen molar-refractivity contribution in [1.29, 1.82) is 0 Å². The van der Waals surface area contributed by atoms with Crippen molar-refractivity contribution in [3.8, 4) is 0 Å². The second kappa shape index (κ2) is 17.2. The Kier molecular flexibility index (Phi) is 30.1. The predicted octanol–water partition coefficient (Wildman–Crippen LogP) is -0.717. The monoisotopic (exact) mass is 413 g/mol. The van der Waals surface area contributed by atoms with Crippen LogP contribution >= 0.6 is 0 Å². The first-order valence-electron chi connectivity index (χ1n) is 1.64. The van der Waals surface area contributed by atoms with Crippen LogP contribution in [0.15, 0.2) is 0 Å². The molecule has 0 N–H and O–H groups in total. The molecule has 0 aliphatic heterocycles. The van der Waals surface area contributed by atoms with Crippen molar-refractivity contribution in [3.63, 3.8) is 0 Å². The number of rotatable bonds is 0. The molecule has 0 amide bonds. The van der Waals surface area contributed by atoms with E-state index in [-0.39, 0.29) is 44.1 Å². The van der Waals surface area contributed by atoms with Gasteiger partial charge in [0, 0.05) is 44.1 Å². The van der Waals surface area contributed by atoms with Gasteiger partial charge in [-0.05, 0) is 0 Å². The maximum Gasteiger partial charge on any atom is 0.0689 e. The van der Waals surface area contributed by atoms with E-state index < -0.39 is 15.3 Å². The molecule has 0 heterocycles. The van der Waals surface area contributed by atoms with Gasteiger partial charge in [0.1, 0.15) is 0 Å². The van der Waals surface area contributed by atoms with E-state index in [0.29, 0.717) is 0 Å². The van der Waals surface area contributed by atoms with E-state index in [0.717, 1.165) is 0 Å². The Morgan fingerprint density at radius 1 is 0.538 bits per heavy atom. The summed E-state index contributed by atoms with van der Waals surface area (Å²) in [4.78, 5) is 24.8. The molecule has 12 nitrogen and oxygen atoms in total. The third kappa shape index (κ3) is 983. The van der Waals surface area contributed by atoms with Gasteiger partial charge in [-0.15, -0.1) is 0 Å². The number of hydrogen-bond donors (Lipinski definition) is 0. The minimum absolute atomic E-state index is 0. The Hall–Kier alpha value is -0.958. The van der Waals surface area contributed by atoms with Crippen LogP contribution in [0.4, 0.5) is 0 Å². The van der Waals surface area contributed by atoms with Crippen LogP contribution in [0.5, 0.6) is 0 Å². The molecule has 0 fully saturated rings. The quantitative estimate of drug-likeness (QED) is 0.363. The Balaban J connectivity index is -0.0000000450. The Morgan fingerprint density at radius 2 is 0.538 bits per heavy atom. The molecule has 0 aromatic heterocycles. The molecule has 0 aromatic rings. The molecule has 0 spiro atoms. The normalized spacial score (nSPS) is 5.54. The fourth-order valence-electron chi connectivity index (χ4n) is 0. The SMILES string of the molecule is O=[N+]([O-])[O-].O=[N+]([O-])[O-].O=[N+]([O-])[O-].[Ac]. The summed E-state index contributed by atoms with van der Waals surface area (Å²) in [6, 6.07) is 0. The van der Waals surface area contributed by atoms with Crippen LogP contribution in [-0.4, -0.2) is 15.3 Å². The van der Waals surface area contributed by atoms with Gasteiger partial charge in [0.25, 0.3) is 0 Å². The van der Waals surface area contributed by atoms with E-state index in [1.54, 1.807) is 0 Å².